The summed E-state index contributed by atoms with van der Waals surface area (Å²) in [7, 11) is 0. The van der Waals surface area contributed by atoms with Crippen LogP contribution in [-0.2, 0) is 28.8 Å². The molecule has 0 aromatic rings. The predicted molar refractivity (Wildman–Crippen MR) is 230 cm³/mol. The number of rotatable bonds is 30. The van der Waals surface area contributed by atoms with Crippen molar-refractivity contribution in [1.29, 1.82) is 0 Å². The smallest absolute Gasteiger partial charge is 0.550 e. The number of unbranched alkanes of at least 4 members (excludes halogenated alkanes) is 6. The second-order valence-corrected chi connectivity index (χ2v) is 15.4. The van der Waals surface area contributed by atoms with Crippen LogP contribution >= 0.6 is 0 Å². The Morgan fingerprint density at radius 3 is 0.419 bits per heavy atom. The number of aliphatic carboxylic acids is 6. The van der Waals surface area contributed by atoms with E-state index in [1.54, 1.807) is 0 Å². The second kappa shape index (κ2) is 60.7. The molecule has 62 heavy (non-hydrogen) atoms. The van der Waals surface area contributed by atoms with Crippen LogP contribution in [0.5, 0.6) is 0 Å². The van der Waals surface area contributed by atoms with E-state index in [4.69, 9.17) is 0 Å². The molecular weight excluding hydrogens is 1070 g/mol. The third-order valence-corrected chi connectivity index (χ3v) is 10.4. The van der Waals surface area contributed by atoms with Crippen LogP contribution in [-0.4, -0.2) is 35.8 Å². The van der Waals surface area contributed by atoms with Crippen LogP contribution in [0.25, 0.3) is 0 Å². The molecule has 6 unspecified atom stereocenters. The maximum absolute atomic E-state index is 10.3. The molecule has 367 valence electrons. The van der Waals surface area contributed by atoms with Gasteiger partial charge in [0.15, 0.2) is 0 Å². The van der Waals surface area contributed by atoms with Crippen LogP contribution in [0.2, 0.25) is 0 Å². The Kier molecular flexibility index (Phi) is 77.3. The van der Waals surface area contributed by atoms with E-state index < -0.39 is 35.8 Å². The largest absolute Gasteiger partial charge is 3.00 e. The van der Waals surface area contributed by atoms with E-state index >= 15 is 0 Å². The van der Waals surface area contributed by atoms with Gasteiger partial charge in [-0.25, -0.2) is 0 Å². The molecule has 0 fully saturated rings. The van der Waals surface area contributed by atoms with Gasteiger partial charge in [0.05, 0.1) is 0 Å². The molecule has 0 aromatic carbocycles. The van der Waals surface area contributed by atoms with Crippen LogP contribution in [0.4, 0.5) is 0 Å². The van der Waals surface area contributed by atoms with Gasteiger partial charge in [-0.1, -0.05) is 160 Å². The molecule has 0 spiro atoms. The second-order valence-electron chi connectivity index (χ2n) is 15.4. The maximum Gasteiger partial charge on any atom is 3.00 e. The Bertz CT molecular complexity index is 813. The summed E-state index contributed by atoms with van der Waals surface area (Å²) in [6, 6.07) is 0. The van der Waals surface area contributed by atoms with Gasteiger partial charge < -0.3 is 59.4 Å². The van der Waals surface area contributed by atoms with Crippen molar-refractivity contribution >= 4 is 35.8 Å². The van der Waals surface area contributed by atoms with Gasteiger partial charge in [-0.15, -0.1) is 0 Å². The summed E-state index contributed by atoms with van der Waals surface area (Å²) in [5, 5.41) is 62.0. The van der Waals surface area contributed by atoms with E-state index in [-0.39, 0.29) is 125 Å². The van der Waals surface area contributed by atoms with E-state index in [1.807, 2.05) is 41.5 Å². The van der Waals surface area contributed by atoms with Gasteiger partial charge in [-0.2, -0.15) is 0 Å². The number of carboxylic acid groups (broad SMARTS) is 6. The van der Waals surface area contributed by atoms with Crippen molar-refractivity contribution < 1.29 is 149 Å². The first-order valence-corrected chi connectivity index (χ1v) is 23.6. The average molecular weight is 1160 g/mol. The first-order valence-electron chi connectivity index (χ1n) is 23.6. The first-order chi connectivity index (χ1) is 28.3. The predicted octanol–water partition coefficient (Wildman–Crippen LogP) is 5.72. The molecule has 0 saturated heterocycles. The molecule has 12 nitrogen and oxygen atoms in total. The number of carbonyl (C=O) groups excluding carboxylic acids is 6. The maximum atomic E-state index is 10.3. The van der Waals surface area contributed by atoms with E-state index in [2.05, 4.69) is 41.5 Å². The summed E-state index contributed by atoms with van der Waals surface area (Å²) in [6.07, 6.45) is 21.1. The van der Waals surface area contributed by atoms with Gasteiger partial charge in [0.1, 0.15) is 0 Å². The van der Waals surface area contributed by atoms with Gasteiger partial charge in [-0.05, 0) is 113 Å². The summed E-state index contributed by atoms with van der Waals surface area (Å²) in [6.45, 7) is 23.7. The van der Waals surface area contributed by atoms with E-state index in [9.17, 15) is 59.4 Å². The minimum Gasteiger partial charge on any atom is -0.550 e. The monoisotopic (exact) mass is 1160 g/mol. The number of carboxylic acids is 6. The van der Waals surface area contributed by atoms with Crippen LogP contribution in [0.1, 0.15) is 237 Å². The Labute approximate surface area is 452 Å². The molecule has 0 aliphatic carbocycles. The van der Waals surface area contributed by atoms with Crippen LogP contribution in [0, 0.1) is 125 Å². The number of hydrogen-bond acceptors (Lipinski definition) is 12. The minimum atomic E-state index is -0.893. The standard InChI is InChI=1S/6C8H16O2.Eu.Sm/c6*1-3-5-6-7(4-2)8(9)10;;/h6*7H,3-6H2,1-2H3,(H,9,10);;/q;;;;;;2*+3/p-6. The van der Waals surface area contributed by atoms with Gasteiger partial charge in [0.25, 0.3) is 0 Å². The first kappa shape index (κ1) is 78.9. The quantitative estimate of drug-likeness (QED) is 0.0840. The number of carbonyl (C=O) groups is 6. The van der Waals surface area contributed by atoms with Crippen molar-refractivity contribution in [2.75, 3.05) is 0 Å². The molecule has 0 amide bonds. The Morgan fingerprint density at radius 2 is 0.371 bits per heavy atom. The van der Waals surface area contributed by atoms with Gasteiger partial charge in [0.2, 0.25) is 0 Å². The van der Waals surface area contributed by atoms with Crippen LogP contribution in [0.15, 0.2) is 0 Å². The summed E-state index contributed by atoms with van der Waals surface area (Å²) in [5.41, 5.74) is 0. The van der Waals surface area contributed by atoms with Crippen molar-refractivity contribution in [2.24, 2.45) is 35.5 Å². The topological polar surface area (TPSA) is 241 Å². The van der Waals surface area contributed by atoms with Crippen molar-refractivity contribution in [2.45, 2.75) is 237 Å². The Hall–Kier alpha value is -0.258. The third kappa shape index (κ3) is 57.8. The van der Waals surface area contributed by atoms with E-state index in [0.29, 0.717) is 38.5 Å². The van der Waals surface area contributed by atoms with Crippen molar-refractivity contribution in [3.05, 3.63) is 0 Å². The van der Waals surface area contributed by atoms with E-state index in [1.165, 1.54) is 0 Å². The summed E-state index contributed by atoms with van der Waals surface area (Å²) >= 11 is 0. The zero-order valence-corrected chi connectivity index (χ0v) is 46.2. The minimum absolute atomic E-state index is 0. The Morgan fingerprint density at radius 1 is 0.274 bits per heavy atom. The molecule has 0 aliphatic heterocycles. The zero-order chi connectivity index (χ0) is 47.9. The van der Waals surface area contributed by atoms with Gasteiger partial charge >= 0.3 is 89.8 Å². The fourth-order valence-corrected chi connectivity index (χ4v) is 5.63. The van der Waals surface area contributed by atoms with Gasteiger partial charge in [0, 0.05) is 35.8 Å². The molecular formula is C48H90EuO12Sm. The molecule has 6 atom stereocenters. The summed E-state index contributed by atoms with van der Waals surface area (Å²) < 4.78 is 0. The molecule has 0 aliphatic rings. The molecule has 0 bridgehead atoms. The average Bonchev–Trinajstić information content (AvgIpc) is 3.20. The third-order valence-electron chi connectivity index (χ3n) is 10.4. The van der Waals surface area contributed by atoms with E-state index in [0.717, 1.165) is 116 Å². The summed E-state index contributed by atoms with van der Waals surface area (Å²) in [5.74, 6) is -6.69. The molecule has 1 radical (unpaired) electrons. The van der Waals surface area contributed by atoms with Crippen LogP contribution < -0.4 is 30.6 Å². The van der Waals surface area contributed by atoms with Crippen LogP contribution in [0.3, 0.4) is 0 Å². The molecule has 0 saturated carbocycles. The molecule has 0 rings (SSSR count). The molecule has 0 N–H and O–H groups in total. The van der Waals surface area contributed by atoms with Crippen molar-refractivity contribution in [3.63, 3.8) is 0 Å². The van der Waals surface area contributed by atoms with Crippen molar-refractivity contribution in [1.82, 2.24) is 0 Å². The SMILES string of the molecule is CCCCC(CC)C(=O)[O-].CCCCC(CC)C(=O)[O-].CCCCC(CC)C(=O)[O-].CCCCC(CC)C(=O)[O-].CCCCC(CC)C(=O)[O-].CCCCC(CC)C(=O)[O-].[Eu+3].[Sm+3]. The van der Waals surface area contributed by atoms with Gasteiger partial charge in [-0.3, -0.25) is 0 Å². The van der Waals surface area contributed by atoms with Crippen molar-refractivity contribution in [3.8, 4) is 0 Å². The number of hydrogen-bond donors (Lipinski definition) is 0. The normalized spacial score (nSPS) is 12.6. The zero-order valence-electron chi connectivity index (χ0n) is 41.1. The summed E-state index contributed by atoms with van der Waals surface area (Å²) in [4.78, 5) is 62.0. The molecule has 0 aromatic heterocycles. The Balaban J connectivity index is -0.0000000935. The molecule has 0 heterocycles. The fourth-order valence-electron chi connectivity index (χ4n) is 5.63. The molecule has 14 heteroatoms. The fraction of sp³-hybridized carbons (Fsp3) is 0.875.